The van der Waals surface area contributed by atoms with Gasteiger partial charge < -0.3 is 0 Å². The lowest BCUT2D eigenvalue weighted by Gasteiger charge is -2.42. The van der Waals surface area contributed by atoms with E-state index in [4.69, 9.17) is 46.4 Å². The molecule has 4 aromatic carbocycles. The van der Waals surface area contributed by atoms with Gasteiger partial charge >= 0.3 is 0 Å². The van der Waals surface area contributed by atoms with Gasteiger partial charge in [-0.25, -0.2) is 0 Å². The summed E-state index contributed by atoms with van der Waals surface area (Å²) in [5.74, 6) is -2.43. The van der Waals surface area contributed by atoms with Crippen LogP contribution in [0.1, 0.15) is 43.7 Å². The third kappa shape index (κ3) is 6.32. The van der Waals surface area contributed by atoms with Crippen molar-refractivity contribution in [1.29, 1.82) is 0 Å². The third-order valence-electron chi connectivity index (χ3n) is 7.21. The molecule has 1 aliphatic heterocycles. The Hall–Kier alpha value is -2.87. The molecule has 10 heteroatoms. The van der Waals surface area contributed by atoms with Crippen molar-refractivity contribution >= 4 is 69.7 Å². The van der Waals surface area contributed by atoms with Gasteiger partial charge in [-0.2, -0.15) is 0 Å². The van der Waals surface area contributed by atoms with Gasteiger partial charge in [0.1, 0.15) is 0 Å². The number of hydrogen-bond donors (Lipinski definition) is 0. The van der Waals surface area contributed by atoms with Crippen LogP contribution in [-0.4, -0.2) is 33.0 Å². The van der Waals surface area contributed by atoms with E-state index < -0.39 is 28.4 Å². The molecule has 4 atom stereocenters. The minimum Gasteiger partial charge on any atom is -0.293 e. The van der Waals surface area contributed by atoms with Crippen molar-refractivity contribution < 1.29 is 14.5 Å². The van der Waals surface area contributed by atoms with Crippen molar-refractivity contribution in [2.75, 3.05) is 0 Å². The summed E-state index contributed by atoms with van der Waals surface area (Å²) in [6.45, 7) is 0. The lowest BCUT2D eigenvalue weighted by atomic mass is 9.74. The van der Waals surface area contributed by atoms with Crippen molar-refractivity contribution in [1.82, 2.24) is 0 Å². The van der Waals surface area contributed by atoms with E-state index in [1.807, 2.05) is 0 Å². The molecule has 1 fully saturated rings. The highest BCUT2D eigenvalue weighted by Gasteiger charge is 2.57. The molecule has 0 radical (unpaired) electrons. The number of ketones is 2. The van der Waals surface area contributed by atoms with Gasteiger partial charge in [-0.1, -0.05) is 70.7 Å². The fraction of sp³-hybridized carbons (Fsp3) is 0.161. The average Bonchev–Trinajstić information content (AvgIpc) is 2.97. The monoisotopic (exact) mass is 643 g/mol. The lowest BCUT2D eigenvalue weighted by molar-refractivity contribution is -0.531. The minimum atomic E-state index is -1.33. The van der Waals surface area contributed by atoms with E-state index in [0.29, 0.717) is 42.3 Å². The van der Waals surface area contributed by atoms with Gasteiger partial charge in [0.25, 0.3) is 0 Å². The molecule has 1 aliphatic rings. The highest BCUT2D eigenvalue weighted by atomic mass is 35.5. The molecule has 41 heavy (non-hydrogen) atoms. The third-order valence-corrected chi connectivity index (χ3v) is 9.82. The van der Waals surface area contributed by atoms with Gasteiger partial charge in [0.15, 0.2) is 11.6 Å². The summed E-state index contributed by atoms with van der Waals surface area (Å²) in [5.41, 5.74) is 1.84. The van der Waals surface area contributed by atoms with Crippen LogP contribution in [-0.2, 0) is 0 Å². The second-order valence-corrected chi connectivity index (χ2v) is 12.7. The number of halogens is 4. The molecule has 0 bridgehead atoms. The van der Waals surface area contributed by atoms with E-state index in [2.05, 4.69) is 0 Å². The summed E-state index contributed by atoms with van der Waals surface area (Å²) in [5, 5.41) is 12.9. The van der Waals surface area contributed by atoms with Crippen LogP contribution in [0.3, 0.4) is 0 Å². The van der Waals surface area contributed by atoms with Crippen LogP contribution in [0.15, 0.2) is 97.1 Å². The summed E-state index contributed by atoms with van der Waals surface area (Å²) in [6, 6.07) is 24.8. The number of hydrogen-bond acceptors (Lipinski definition) is 5. The van der Waals surface area contributed by atoms with Crippen molar-refractivity contribution in [2.24, 2.45) is 0 Å². The lowest BCUT2D eigenvalue weighted by Crippen LogP contribution is -2.51. The van der Waals surface area contributed by atoms with Gasteiger partial charge in [0.2, 0.25) is 6.04 Å². The molecule has 1 saturated heterocycles. The van der Waals surface area contributed by atoms with Gasteiger partial charge in [0.05, 0.1) is 22.3 Å². The molecule has 0 spiro atoms. The molecule has 208 valence electrons. The van der Waals surface area contributed by atoms with Gasteiger partial charge in [-0.05, 0) is 83.9 Å². The number of Topliss-reactive ketones (excluding diaryl/α,β-unsaturated/α-hetero) is 2. The Morgan fingerprint density at radius 2 is 0.854 bits per heavy atom. The van der Waals surface area contributed by atoms with Gasteiger partial charge in [-0.15, -0.1) is 11.8 Å². The zero-order valence-electron chi connectivity index (χ0n) is 21.1. The van der Waals surface area contributed by atoms with E-state index in [0.717, 1.165) is 11.8 Å². The summed E-state index contributed by atoms with van der Waals surface area (Å²) in [6.07, 6.45) is 0. The largest absolute Gasteiger partial charge is 0.293 e. The number of carbonyl (C=O) groups excluding carboxylic acids is 2. The normalized spacial score (nSPS) is 22.2. The van der Waals surface area contributed by atoms with E-state index in [1.165, 1.54) is 0 Å². The first-order chi connectivity index (χ1) is 19.6. The highest BCUT2D eigenvalue weighted by molar-refractivity contribution is 8.02. The number of thioether (sulfide) groups is 1. The van der Waals surface area contributed by atoms with Crippen molar-refractivity contribution in [3.05, 3.63) is 150 Å². The predicted octanol–water partition coefficient (Wildman–Crippen LogP) is 9.06. The first kappa shape index (κ1) is 29.6. The maximum Gasteiger partial charge on any atom is 0.229 e. The van der Waals surface area contributed by atoms with Crippen LogP contribution < -0.4 is 0 Å². The smallest absolute Gasteiger partial charge is 0.229 e. The van der Waals surface area contributed by atoms with E-state index in [1.54, 1.807) is 97.1 Å². The van der Waals surface area contributed by atoms with E-state index in [-0.39, 0.29) is 16.5 Å². The van der Waals surface area contributed by atoms with Crippen molar-refractivity contribution in [3.63, 3.8) is 0 Å². The Kier molecular flexibility index (Phi) is 9.07. The second-order valence-electron chi connectivity index (χ2n) is 9.65. The molecule has 4 aromatic rings. The summed E-state index contributed by atoms with van der Waals surface area (Å²) >= 11 is 25.6. The molecule has 0 N–H and O–H groups in total. The Balaban J connectivity index is 1.71. The zero-order valence-corrected chi connectivity index (χ0v) is 25.0. The maximum atomic E-state index is 14.1. The first-order valence-corrected chi connectivity index (χ1v) is 15.0. The first-order valence-electron chi connectivity index (χ1n) is 12.5. The second kappa shape index (κ2) is 12.6. The molecule has 0 unspecified atom stereocenters. The van der Waals surface area contributed by atoms with Gasteiger partial charge in [0, 0.05) is 36.1 Å². The number of rotatable bonds is 7. The molecule has 5 rings (SSSR count). The average molecular weight is 645 g/mol. The standard InChI is InChI=1S/C31H21Cl4NO4S/c32-21-9-1-17(2-10-21)25-27(36(39)40)26(18-3-11-22(33)12-4-18)31(29(38)20-7-15-24(35)16-8-20)41-30(25)28(37)19-5-13-23(34)14-6-19/h1-16,25-27,30-31H/t25-,26-,30-,31-/m0/s1. The predicted molar refractivity (Wildman–Crippen MR) is 166 cm³/mol. The molecular weight excluding hydrogens is 624 g/mol. The molecule has 0 amide bonds. The Bertz CT molecular complexity index is 1470. The highest BCUT2D eigenvalue weighted by Crippen LogP contribution is 2.52. The Labute approximate surface area is 260 Å². The molecular formula is C31H21Cl4NO4S. The topological polar surface area (TPSA) is 77.3 Å². The molecule has 0 aliphatic carbocycles. The van der Waals surface area contributed by atoms with E-state index in [9.17, 15) is 19.7 Å². The van der Waals surface area contributed by atoms with Crippen LogP contribution in [0.4, 0.5) is 0 Å². The number of carbonyl (C=O) groups is 2. The van der Waals surface area contributed by atoms with Crippen molar-refractivity contribution in [3.8, 4) is 0 Å². The summed E-state index contributed by atoms with van der Waals surface area (Å²) < 4.78 is 0. The van der Waals surface area contributed by atoms with Crippen LogP contribution in [0.5, 0.6) is 0 Å². The summed E-state index contributed by atoms with van der Waals surface area (Å²) in [7, 11) is 0. The number of nitro groups is 1. The minimum absolute atomic E-state index is 0.332. The fourth-order valence-corrected chi connectivity index (χ4v) is 7.61. The molecule has 5 nitrogen and oxygen atoms in total. The molecule has 0 aromatic heterocycles. The maximum absolute atomic E-state index is 14.1. The van der Waals surface area contributed by atoms with Crippen LogP contribution in [0.2, 0.25) is 20.1 Å². The van der Waals surface area contributed by atoms with Gasteiger partial charge in [-0.3, -0.25) is 19.7 Å². The Morgan fingerprint density at radius 3 is 1.15 bits per heavy atom. The number of benzene rings is 4. The SMILES string of the molecule is O=C(c1ccc(Cl)cc1)[C@H]1S[C@H](C(=O)c2ccc(Cl)cc2)[C@@H](c2ccc(Cl)cc2)C([N+](=O)[O-])[C@@H]1c1ccc(Cl)cc1. The molecule has 0 saturated carbocycles. The quantitative estimate of drug-likeness (QED) is 0.114. The number of nitrogens with zero attached hydrogens (tertiary/aromatic N) is 1. The molecule has 1 heterocycles. The Morgan fingerprint density at radius 1 is 0.561 bits per heavy atom. The van der Waals surface area contributed by atoms with E-state index >= 15 is 0 Å². The fourth-order valence-electron chi connectivity index (χ4n) is 5.29. The van der Waals surface area contributed by atoms with Crippen LogP contribution in [0.25, 0.3) is 0 Å². The summed E-state index contributed by atoms with van der Waals surface area (Å²) in [4.78, 5) is 40.9. The zero-order chi connectivity index (χ0) is 29.3. The van der Waals surface area contributed by atoms with Crippen molar-refractivity contribution in [2.45, 2.75) is 28.4 Å². The van der Waals surface area contributed by atoms with Crippen LogP contribution >= 0.6 is 58.2 Å². The van der Waals surface area contributed by atoms with Crippen LogP contribution in [0, 0.1) is 10.1 Å².